The van der Waals surface area contributed by atoms with E-state index in [1.54, 1.807) is 0 Å². The van der Waals surface area contributed by atoms with Gasteiger partial charge in [0.2, 0.25) is 0 Å². The third kappa shape index (κ3) is 2.04. The van der Waals surface area contributed by atoms with Gasteiger partial charge in [-0.2, -0.15) is 5.26 Å². The van der Waals surface area contributed by atoms with E-state index < -0.39 is 35.2 Å². The highest BCUT2D eigenvalue weighted by atomic mass is 19.3. The molecular formula is C8H3F3N2O2. The molecule has 0 bridgehead atoms. The maximum atomic E-state index is 13.0. The van der Waals surface area contributed by atoms with Gasteiger partial charge in [0.05, 0.1) is 0 Å². The van der Waals surface area contributed by atoms with Gasteiger partial charge >= 0.3 is 5.97 Å². The molecule has 0 aromatic carbocycles. The maximum Gasteiger partial charge on any atom is 0.341 e. The second kappa shape index (κ2) is 3.96. The molecule has 7 heteroatoms. The molecule has 15 heavy (non-hydrogen) atoms. The molecule has 0 atom stereocenters. The number of aromatic nitrogens is 1. The van der Waals surface area contributed by atoms with Crippen molar-refractivity contribution in [2.45, 2.75) is 6.43 Å². The van der Waals surface area contributed by atoms with Gasteiger partial charge in [0, 0.05) is 6.07 Å². The molecule has 78 valence electrons. The van der Waals surface area contributed by atoms with Gasteiger partial charge in [0.1, 0.15) is 23.1 Å². The van der Waals surface area contributed by atoms with Crippen LogP contribution >= 0.6 is 0 Å². The molecule has 0 saturated heterocycles. The molecular weight excluding hydrogens is 213 g/mol. The van der Waals surface area contributed by atoms with Gasteiger partial charge in [-0.3, -0.25) is 0 Å². The predicted molar refractivity (Wildman–Crippen MR) is 40.8 cm³/mol. The number of rotatable bonds is 2. The van der Waals surface area contributed by atoms with Crippen LogP contribution in [0.1, 0.15) is 28.2 Å². The van der Waals surface area contributed by atoms with E-state index in [-0.39, 0.29) is 0 Å². The number of nitrogens with zero attached hydrogens (tertiary/aromatic N) is 2. The highest BCUT2D eigenvalue weighted by Gasteiger charge is 2.21. The molecule has 0 amide bonds. The molecule has 0 aliphatic heterocycles. The van der Waals surface area contributed by atoms with Crippen molar-refractivity contribution in [3.63, 3.8) is 0 Å². The number of carbonyl (C=O) groups is 1. The van der Waals surface area contributed by atoms with Gasteiger partial charge < -0.3 is 5.11 Å². The molecule has 0 aliphatic carbocycles. The Morgan fingerprint density at radius 2 is 2.20 bits per heavy atom. The summed E-state index contributed by atoms with van der Waals surface area (Å²) in [6.07, 6.45) is -3.06. The number of carboxylic acid groups (broad SMARTS) is 1. The topological polar surface area (TPSA) is 74.0 Å². The van der Waals surface area contributed by atoms with E-state index in [1.165, 1.54) is 6.07 Å². The lowest BCUT2D eigenvalue weighted by atomic mass is 10.1. The maximum absolute atomic E-state index is 13.0. The number of hydrogen-bond acceptors (Lipinski definition) is 3. The van der Waals surface area contributed by atoms with E-state index >= 15 is 0 Å². The van der Waals surface area contributed by atoms with Gasteiger partial charge in [-0.25, -0.2) is 22.9 Å². The van der Waals surface area contributed by atoms with E-state index in [2.05, 4.69) is 4.98 Å². The summed E-state index contributed by atoms with van der Waals surface area (Å²) in [5, 5.41) is 16.9. The molecule has 0 unspecified atom stereocenters. The quantitative estimate of drug-likeness (QED) is 0.816. The first kappa shape index (κ1) is 11.0. The minimum atomic E-state index is -3.06. The molecule has 1 N–H and O–H groups in total. The molecule has 0 radical (unpaired) electrons. The third-order valence-electron chi connectivity index (χ3n) is 1.53. The summed E-state index contributed by atoms with van der Waals surface area (Å²) in [5.41, 5.74) is -2.83. The third-order valence-corrected chi connectivity index (χ3v) is 1.53. The summed E-state index contributed by atoms with van der Waals surface area (Å²) >= 11 is 0. The first-order chi connectivity index (χ1) is 6.97. The summed E-state index contributed by atoms with van der Waals surface area (Å²) < 4.78 is 37.2. The Bertz CT molecular complexity index is 454. The van der Waals surface area contributed by atoms with Crippen LogP contribution in [-0.2, 0) is 0 Å². The lowest BCUT2D eigenvalue weighted by molar-refractivity contribution is 0.0690. The van der Waals surface area contributed by atoms with E-state index in [0.29, 0.717) is 6.07 Å². The zero-order chi connectivity index (χ0) is 11.6. The van der Waals surface area contributed by atoms with Crippen LogP contribution in [0.3, 0.4) is 0 Å². The van der Waals surface area contributed by atoms with Gasteiger partial charge in [0.25, 0.3) is 6.43 Å². The molecule has 0 aliphatic rings. The van der Waals surface area contributed by atoms with Gasteiger partial charge in [-0.15, -0.1) is 0 Å². The lowest BCUT2D eigenvalue weighted by Gasteiger charge is -2.03. The second-order valence-corrected chi connectivity index (χ2v) is 2.47. The molecule has 0 saturated carbocycles. The Hall–Kier alpha value is -2.10. The summed E-state index contributed by atoms with van der Waals surface area (Å²) in [5.74, 6) is -3.12. The molecule has 0 spiro atoms. The van der Waals surface area contributed by atoms with Crippen molar-refractivity contribution in [2.75, 3.05) is 0 Å². The fraction of sp³-hybridized carbons (Fsp3) is 0.125. The molecule has 1 aromatic heterocycles. The molecule has 0 fully saturated rings. The van der Waals surface area contributed by atoms with Crippen molar-refractivity contribution in [1.82, 2.24) is 4.98 Å². The number of hydrogen-bond donors (Lipinski definition) is 1. The number of pyridine rings is 1. The lowest BCUT2D eigenvalue weighted by Crippen LogP contribution is -2.08. The SMILES string of the molecule is N#Cc1nc(C(F)F)cc(F)c1C(=O)O. The van der Waals surface area contributed by atoms with Crippen molar-refractivity contribution in [2.24, 2.45) is 0 Å². The average molecular weight is 216 g/mol. The van der Waals surface area contributed by atoms with Crippen molar-refractivity contribution >= 4 is 5.97 Å². The van der Waals surface area contributed by atoms with Crippen LogP contribution in [0.15, 0.2) is 6.07 Å². The van der Waals surface area contributed by atoms with E-state index in [1.807, 2.05) is 0 Å². The van der Waals surface area contributed by atoms with Gasteiger partial charge in [0.15, 0.2) is 5.69 Å². The van der Waals surface area contributed by atoms with Crippen molar-refractivity contribution < 1.29 is 23.1 Å². The van der Waals surface area contributed by atoms with Crippen molar-refractivity contribution in [3.05, 3.63) is 28.8 Å². The number of halogens is 3. The van der Waals surface area contributed by atoms with E-state index in [0.717, 1.165) is 0 Å². The van der Waals surface area contributed by atoms with Crippen molar-refractivity contribution in [1.29, 1.82) is 5.26 Å². The van der Waals surface area contributed by atoms with Gasteiger partial charge in [-0.1, -0.05) is 0 Å². The van der Waals surface area contributed by atoms with Gasteiger partial charge in [-0.05, 0) is 0 Å². The summed E-state index contributed by atoms with van der Waals surface area (Å²) in [6, 6.07) is 1.55. The average Bonchev–Trinajstić information content (AvgIpc) is 2.15. The van der Waals surface area contributed by atoms with Crippen LogP contribution in [0.5, 0.6) is 0 Å². The van der Waals surface area contributed by atoms with Crippen LogP contribution in [0.25, 0.3) is 0 Å². The molecule has 1 heterocycles. The Balaban J connectivity index is 3.46. The first-order valence-corrected chi connectivity index (χ1v) is 3.59. The highest BCUT2D eigenvalue weighted by molar-refractivity contribution is 5.90. The van der Waals surface area contributed by atoms with Crippen LogP contribution in [-0.4, -0.2) is 16.1 Å². The number of carboxylic acids is 1. The predicted octanol–water partition coefficient (Wildman–Crippen LogP) is 1.73. The Morgan fingerprint density at radius 3 is 2.60 bits per heavy atom. The summed E-state index contributed by atoms with van der Waals surface area (Å²) in [7, 11) is 0. The van der Waals surface area contributed by atoms with Crippen LogP contribution in [0.4, 0.5) is 13.2 Å². The Labute approximate surface area is 81.6 Å². The van der Waals surface area contributed by atoms with Crippen molar-refractivity contribution in [3.8, 4) is 6.07 Å². The van der Waals surface area contributed by atoms with E-state index in [9.17, 15) is 18.0 Å². The van der Waals surface area contributed by atoms with Crippen LogP contribution < -0.4 is 0 Å². The fourth-order valence-electron chi connectivity index (χ4n) is 0.929. The van der Waals surface area contributed by atoms with E-state index in [4.69, 9.17) is 10.4 Å². The van der Waals surface area contributed by atoms with Crippen LogP contribution in [0, 0.1) is 17.1 Å². The number of nitriles is 1. The zero-order valence-corrected chi connectivity index (χ0v) is 7.04. The first-order valence-electron chi connectivity index (χ1n) is 3.59. The number of alkyl halides is 2. The smallest absolute Gasteiger partial charge is 0.341 e. The zero-order valence-electron chi connectivity index (χ0n) is 7.04. The number of aromatic carboxylic acids is 1. The normalized spacial score (nSPS) is 10.1. The minimum absolute atomic E-state index is 0.301. The summed E-state index contributed by atoms with van der Waals surface area (Å²) in [4.78, 5) is 13.5. The van der Waals surface area contributed by atoms with Crippen LogP contribution in [0.2, 0.25) is 0 Å². The molecule has 1 aromatic rings. The Kier molecular flexibility index (Phi) is 2.90. The molecule has 1 rings (SSSR count). The fourth-order valence-corrected chi connectivity index (χ4v) is 0.929. The standard InChI is InChI=1S/C8H3F3N2O2/c9-3-1-4(7(10)11)13-5(2-12)6(3)8(14)15/h1,7H,(H,14,15). The second-order valence-electron chi connectivity index (χ2n) is 2.47. The summed E-state index contributed by atoms with van der Waals surface area (Å²) in [6.45, 7) is 0. The minimum Gasteiger partial charge on any atom is -0.477 e. The Morgan fingerprint density at radius 1 is 1.60 bits per heavy atom. The largest absolute Gasteiger partial charge is 0.477 e. The monoisotopic (exact) mass is 216 g/mol. The molecule has 4 nitrogen and oxygen atoms in total. The highest BCUT2D eigenvalue weighted by Crippen LogP contribution is 2.20.